The van der Waals surface area contributed by atoms with E-state index >= 15 is 0 Å². The number of carbonyl (C=O) groups is 2. The molecule has 0 aromatic heterocycles. The Morgan fingerprint density at radius 2 is 2.15 bits per heavy atom. The van der Waals surface area contributed by atoms with Gasteiger partial charge in [-0.05, 0) is 25.0 Å². The van der Waals surface area contributed by atoms with E-state index in [0.717, 1.165) is 0 Å². The number of amides is 1. The van der Waals surface area contributed by atoms with E-state index in [1.807, 2.05) is 6.07 Å². The predicted molar refractivity (Wildman–Crippen MR) is 74.2 cm³/mol. The van der Waals surface area contributed by atoms with Gasteiger partial charge in [-0.1, -0.05) is 23.7 Å². The maximum Gasteiger partial charge on any atom is 0.328 e. The number of hydrogen-bond donors (Lipinski definition) is 1. The molecule has 0 saturated carbocycles. The first kappa shape index (κ1) is 16.0. The second-order valence-electron chi connectivity index (χ2n) is 4.08. The van der Waals surface area contributed by atoms with Crippen molar-refractivity contribution in [1.29, 1.82) is 5.26 Å². The lowest BCUT2D eigenvalue weighted by molar-refractivity contribution is -0.143. The minimum atomic E-state index is -0.780. The SMILES string of the molecule is COC(=O)[C@H](CCCC#N)NC(=O)c1ccccc1Cl. The molecule has 0 radical (unpaired) electrons. The third-order valence-corrected chi connectivity index (χ3v) is 3.02. The zero-order valence-corrected chi connectivity index (χ0v) is 11.8. The lowest BCUT2D eigenvalue weighted by atomic mass is 10.1. The average molecular weight is 295 g/mol. The zero-order chi connectivity index (χ0) is 15.0. The summed E-state index contributed by atoms with van der Waals surface area (Å²) in [6, 6.07) is 7.77. The summed E-state index contributed by atoms with van der Waals surface area (Å²) in [6.45, 7) is 0. The van der Waals surface area contributed by atoms with E-state index in [-0.39, 0.29) is 0 Å². The first-order chi connectivity index (χ1) is 9.60. The number of rotatable bonds is 6. The molecule has 1 aromatic carbocycles. The average Bonchev–Trinajstić information content (AvgIpc) is 2.45. The third kappa shape index (κ3) is 4.56. The van der Waals surface area contributed by atoms with Crippen LogP contribution in [0.1, 0.15) is 29.6 Å². The molecule has 1 atom stereocenters. The number of ether oxygens (including phenoxy) is 1. The number of esters is 1. The maximum absolute atomic E-state index is 12.1. The van der Waals surface area contributed by atoms with Crippen LogP contribution in [0.2, 0.25) is 5.02 Å². The molecular formula is C14H15ClN2O3. The molecule has 0 bridgehead atoms. The van der Waals surface area contributed by atoms with E-state index in [2.05, 4.69) is 10.1 Å². The Kier molecular flexibility index (Phi) is 6.54. The first-order valence-electron chi connectivity index (χ1n) is 6.10. The fourth-order valence-corrected chi connectivity index (χ4v) is 1.88. The highest BCUT2D eigenvalue weighted by Crippen LogP contribution is 2.15. The van der Waals surface area contributed by atoms with E-state index in [0.29, 0.717) is 29.8 Å². The molecule has 1 N–H and O–H groups in total. The second kappa shape index (κ2) is 8.18. The Balaban J connectivity index is 2.74. The van der Waals surface area contributed by atoms with Gasteiger partial charge in [0.2, 0.25) is 0 Å². The molecule has 0 unspecified atom stereocenters. The van der Waals surface area contributed by atoms with Crippen molar-refractivity contribution in [3.63, 3.8) is 0 Å². The molecule has 5 nitrogen and oxygen atoms in total. The van der Waals surface area contributed by atoms with Crippen LogP contribution in [-0.2, 0) is 9.53 Å². The van der Waals surface area contributed by atoms with Crippen molar-refractivity contribution >= 4 is 23.5 Å². The molecule has 1 aromatic rings. The molecule has 0 fully saturated rings. The van der Waals surface area contributed by atoms with Crippen molar-refractivity contribution in [3.05, 3.63) is 34.9 Å². The summed E-state index contributed by atoms with van der Waals surface area (Å²) in [5.41, 5.74) is 0.295. The zero-order valence-electron chi connectivity index (χ0n) is 11.1. The molecule has 0 saturated heterocycles. The first-order valence-corrected chi connectivity index (χ1v) is 6.48. The highest BCUT2D eigenvalue weighted by atomic mass is 35.5. The molecule has 106 valence electrons. The van der Waals surface area contributed by atoms with Crippen LogP contribution in [0.3, 0.4) is 0 Å². The van der Waals surface area contributed by atoms with Crippen molar-refractivity contribution in [3.8, 4) is 6.07 Å². The van der Waals surface area contributed by atoms with Crippen LogP contribution in [0, 0.1) is 11.3 Å². The third-order valence-electron chi connectivity index (χ3n) is 2.69. The molecule has 0 aliphatic heterocycles. The van der Waals surface area contributed by atoms with Crippen LogP contribution in [0.5, 0.6) is 0 Å². The van der Waals surface area contributed by atoms with E-state index in [1.54, 1.807) is 24.3 Å². The fraction of sp³-hybridized carbons (Fsp3) is 0.357. The van der Waals surface area contributed by atoms with Gasteiger partial charge in [-0.3, -0.25) is 4.79 Å². The number of nitrogens with one attached hydrogen (secondary N) is 1. The predicted octanol–water partition coefficient (Wildman–Crippen LogP) is 2.31. The van der Waals surface area contributed by atoms with Crippen molar-refractivity contribution in [2.75, 3.05) is 7.11 Å². The number of halogens is 1. The number of carbonyl (C=O) groups excluding carboxylic acids is 2. The number of hydrogen-bond acceptors (Lipinski definition) is 4. The van der Waals surface area contributed by atoms with E-state index in [4.69, 9.17) is 16.9 Å². The Labute approximate surface area is 122 Å². The molecule has 0 heterocycles. The molecule has 0 aliphatic carbocycles. The van der Waals surface area contributed by atoms with E-state index < -0.39 is 17.9 Å². The summed E-state index contributed by atoms with van der Waals surface area (Å²) in [5.74, 6) is -0.980. The monoisotopic (exact) mass is 294 g/mol. The number of benzene rings is 1. The number of nitrogens with zero attached hydrogens (tertiary/aromatic N) is 1. The summed E-state index contributed by atoms with van der Waals surface area (Å²) in [7, 11) is 1.25. The van der Waals surface area contributed by atoms with Gasteiger partial charge in [-0.25, -0.2) is 4.79 Å². The second-order valence-corrected chi connectivity index (χ2v) is 4.49. The Bertz CT molecular complexity index is 525. The van der Waals surface area contributed by atoms with Gasteiger partial charge >= 0.3 is 5.97 Å². The van der Waals surface area contributed by atoms with Crippen LogP contribution in [0.15, 0.2) is 24.3 Å². The summed E-state index contributed by atoms with van der Waals surface area (Å²) in [5, 5.41) is 11.4. The van der Waals surface area contributed by atoms with Gasteiger partial charge in [0.15, 0.2) is 0 Å². The minimum absolute atomic E-state index is 0.295. The molecule has 1 amide bonds. The van der Waals surface area contributed by atoms with Crippen LogP contribution in [0.25, 0.3) is 0 Å². The summed E-state index contributed by atoms with van der Waals surface area (Å²) in [6.07, 6.45) is 1.16. The van der Waals surface area contributed by atoms with Gasteiger partial charge in [0.1, 0.15) is 6.04 Å². The lowest BCUT2D eigenvalue weighted by Crippen LogP contribution is -2.41. The van der Waals surface area contributed by atoms with E-state index in [9.17, 15) is 9.59 Å². The van der Waals surface area contributed by atoms with Crippen molar-refractivity contribution in [2.24, 2.45) is 0 Å². The minimum Gasteiger partial charge on any atom is -0.467 e. The van der Waals surface area contributed by atoms with Gasteiger partial charge < -0.3 is 10.1 Å². The smallest absolute Gasteiger partial charge is 0.328 e. The quantitative estimate of drug-likeness (QED) is 0.645. The molecule has 1 rings (SSSR count). The van der Waals surface area contributed by atoms with Gasteiger partial charge in [-0.15, -0.1) is 0 Å². The molecular weight excluding hydrogens is 280 g/mol. The van der Waals surface area contributed by atoms with Crippen LogP contribution in [-0.4, -0.2) is 25.0 Å². The van der Waals surface area contributed by atoms with Gasteiger partial charge in [-0.2, -0.15) is 5.26 Å². The maximum atomic E-state index is 12.1. The number of methoxy groups -OCH3 is 1. The van der Waals surface area contributed by atoms with Gasteiger partial charge in [0, 0.05) is 6.42 Å². The molecule has 6 heteroatoms. The summed E-state index contributed by atoms with van der Waals surface area (Å²) < 4.78 is 4.64. The number of nitriles is 1. The number of unbranched alkanes of at least 4 members (excludes halogenated alkanes) is 1. The molecule has 0 spiro atoms. The fourth-order valence-electron chi connectivity index (χ4n) is 1.66. The Hall–Kier alpha value is -2.06. The van der Waals surface area contributed by atoms with E-state index in [1.165, 1.54) is 7.11 Å². The van der Waals surface area contributed by atoms with Crippen molar-refractivity contribution in [1.82, 2.24) is 5.32 Å². The topological polar surface area (TPSA) is 79.2 Å². The normalized spacial score (nSPS) is 11.2. The Morgan fingerprint density at radius 3 is 2.75 bits per heavy atom. The molecule has 20 heavy (non-hydrogen) atoms. The van der Waals surface area contributed by atoms with Crippen LogP contribution >= 0.6 is 11.6 Å². The largest absolute Gasteiger partial charge is 0.467 e. The van der Waals surface area contributed by atoms with Crippen molar-refractivity contribution < 1.29 is 14.3 Å². The standard InChI is InChI=1S/C14H15ClN2O3/c1-20-14(19)12(8-4-5-9-16)17-13(18)10-6-2-3-7-11(10)15/h2-3,6-7,12H,4-5,8H2,1H3,(H,17,18)/t12-/m0/s1. The van der Waals surface area contributed by atoms with Gasteiger partial charge in [0.25, 0.3) is 5.91 Å². The summed E-state index contributed by atoms with van der Waals surface area (Å²) in [4.78, 5) is 23.7. The highest BCUT2D eigenvalue weighted by Gasteiger charge is 2.22. The highest BCUT2D eigenvalue weighted by molar-refractivity contribution is 6.33. The van der Waals surface area contributed by atoms with Gasteiger partial charge in [0.05, 0.1) is 23.8 Å². The van der Waals surface area contributed by atoms with Crippen LogP contribution < -0.4 is 5.32 Å². The molecule has 0 aliphatic rings. The van der Waals surface area contributed by atoms with Crippen molar-refractivity contribution in [2.45, 2.75) is 25.3 Å². The van der Waals surface area contributed by atoms with Crippen LogP contribution in [0.4, 0.5) is 0 Å². The Morgan fingerprint density at radius 1 is 1.45 bits per heavy atom. The summed E-state index contributed by atoms with van der Waals surface area (Å²) >= 11 is 5.92. The lowest BCUT2D eigenvalue weighted by Gasteiger charge is -2.16.